The summed E-state index contributed by atoms with van der Waals surface area (Å²) in [7, 11) is -3.31. The summed E-state index contributed by atoms with van der Waals surface area (Å²) in [5.74, 6) is -0.108. The summed E-state index contributed by atoms with van der Waals surface area (Å²) in [4.78, 5) is 12.1. The third-order valence-electron chi connectivity index (χ3n) is 4.30. The lowest BCUT2D eigenvalue weighted by Gasteiger charge is -2.22. The number of carbonyl (C=O) groups excluding carboxylic acids is 1. The number of hydrazone groups is 1. The van der Waals surface area contributed by atoms with Gasteiger partial charge in [0.1, 0.15) is 0 Å². The summed E-state index contributed by atoms with van der Waals surface area (Å²) in [6.45, 7) is 3.54. The molecule has 1 amide bonds. The first-order valence-electron chi connectivity index (χ1n) is 8.25. The fraction of sp³-hybridized carbons (Fsp3) is 0.263. The number of benzene rings is 2. The number of anilines is 1. The Balaban J connectivity index is 1.88. The average molecular weight is 371 g/mol. The van der Waals surface area contributed by atoms with Crippen molar-refractivity contribution in [3.63, 3.8) is 0 Å². The number of carbonyl (C=O) groups is 1. The van der Waals surface area contributed by atoms with Gasteiger partial charge in [-0.1, -0.05) is 36.4 Å². The molecule has 0 unspecified atom stereocenters. The van der Waals surface area contributed by atoms with E-state index in [-0.39, 0.29) is 11.9 Å². The highest BCUT2D eigenvalue weighted by Crippen LogP contribution is 2.34. The van der Waals surface area contributed by atoms with Crippen molar-refractivity contribution in [2.75, 3.05) is 11.0 Å². The zero-order chi connectivity index (χ0) is 18.9. The predicted octanol–water partition coefficient (Wildman–Crippen LogP) is 3.06. The zero-order valence-corrected chi connectivity index (χ0v) is 15.7. The van der Waals surface area contributed by atoms with Gasteiger partial charge < -0.3 is 0 Å². The molecule has 0 aliphatic carbocycles. The molecule has 136 valence electrons. The normalized spacial score (nSPS) is 17.1. The van der Waals surface area contributed by atoms with Crippen LogP contribution in [0.4, 0.5) is 5.69 Å². The van der Waals surface area contributed by atoms with E-state index in [1.807, 2.05) is 43.3 Å². The van der Waals surface area contributed by atoms with Gasteiger partial charge in [-0.15, -0.1) is 0 Å². The largest absolute Gasteiger partial charge is 0.284 e. The van der Waals surface area contributed by atoms with Gasteiger partial charge in [-0.2, -0.15) is 5.10 Å². The minimum atomic E-state index is -3.31. The van der Waals surface area contributed by atoms with E-state index in [9.17, 15) is 13.2 Å². The third kappa shape index (κ3) is 3.94. The Bertz CT molecular complexity index is 966. The lowest BCUT2D eigenvalue weighted by molar-refractivity contribution is -0.130. The van der Waals surface area contributed by atoms with Crippen LogP contribution in [0.3, 0.4) is 0 Å². The van der Waals surface area contributed by atoms with Crippen LogP contribution in [0.5, 0.6) is 0 Å². The van der Waals surface area contributed by atoms with Gasteiger partial charge >= 0.3 is 0 Å². The Morgan fingerprint density at radius 2 is 1.81 bits per heavy atom. The third-order valence-corrected chi connectivity index (χ3v) is 4.91. The molecule has 1 aliphatic heterocycles. The molecule has 0 saturated carbocycles. The Morgan fingerprint density at radius 3 is 2.38 bits per heavy atom. The van der Waals surface area contributed by atoms with Crippen molar-refractivity contribution in [3.05, 3.63) is 65.2 Å². The highest BCUT2D eigenvalue weighted by molar-refractivity contribution is 7.92. The van der Waals surface area contributed by atoms with Crippen LogP contribution in [-0.4, -0.2) is 31.3 Å². The number of rotatable bonds is 4. The molecule has 0 saturated heterocycles. The molecule has 3 rings (SSSR count). The van der Waals surface area contributed by atoms with Gasteiger partial charge in [0, 0.05) is 19.0 Å². The van der Waals surface area contributed by atoms with Gasteiger partial charge in [-0.25, -0.2) is 13.4 Å². The molecule has 6 nitrogen and oxygen atoms in total. The second kappa shape index (κ2) is 6.92. The monoisotopic (exact) mass is 371 g/mol. The molecule has 1 atom stereocenters. The average Bonchev–Trinajstić information content (AvgIpc) is 3.00. The molecule has 0 spiro atoms. The van der Waals surface area contributed by atoms with Gasteiger partial charge in [-0.05, 0) is 35.7 Å². The molecule has 0 bridgehead atoms. The summed E-state index contributed by atoms with van der Waals surface area (Å²) in [5, 5.41) is 6.05. The Kier molecular flexibility index (Phi) is 4.82. The highest BCUT2D eigenvalue weighted by atomic mass is 32.2. The number of amides is 1. The maximum Gasteiger partial charge on any atom is 0.240 e. The lowest BCUT2D eigenvalue weighted by Crippen LogP contribution is -2.24. The van der Waals surface area contributed by atoms with Crippen molar-refractivity contribution in [2.24, 2.45) is 5.10 Å². The van der Waals surface area contributed by atoms with E-state index in [0.29, 0.717) is 12.1 Å². The van der Waals surface area contributed by atoms with Gasteiger partial charge in [0.05, 0.1) is 18.0 Å². The number of sulfonamides is 1. The summed E-state index contributed by atoms with van der Waals surface area (Å²) in [5.41, 5.74) is 4.36. The highest BCUT2D eigenvalue weighted by Gasteiger charge is 2.32. The summed E-state index contributed by atoms with van der Waals surface area (Å²) in [6, 6.07) is 14.9. The molecular formula is C19H21N3O3S. The molecule has 1 heterocycles. The van der Waals surface area contributed by atoms with E-state index in [1.54, 1.807) is 12.1 Å². The van der Waals surface area contributed by atoms with Crippen LogP contribution in [0, 0.1) is 6.92 Å². The smallest absolute Gasteiger partial charge is 0.240 e. The fourth-order valence-electron chi connectivity index (χ4n) is 3.12. The van der Waals surface area contributed by atoms with E-state index in [0.717, 1.165) is 28.7 Å². The van der Waals surface area contributed by atoms with E-state index in [2.05, 4.69) is 9.82 Å². The van der Waals surface area contributed by atoms with Gasteiger partial charge in [0.25, 0.3) is 0 Å². The van der Waals surface area contributed by atoms with Crippen molar-refractivity contribution in [3.8, 4) is 0 Å². The van der Waals surface area contributed by atoms with Crippen LogP contribution >= 0.6 is 0 Å². The quantitative estimate of drug-likeness (QED) is 0.897. The van der Waals surface area contributed by atoms with Crippen LogP contribution in [0.2, 0.25) is 0 Å². The molecule has 1 aliphatic rings. The molecule has 0 radical (unpaired) electrons. The molecule has 26 heavy (non-hydrogen) atoms. The predicted molar refractivity (Wildman–Crippen MR) is 103 cm³/mol. The Morgan fingerprint density at radius 1 is 1.15 bits per heavy atom. The minimum absolute atomic E-state index is 0.108. The van der Waals surface area contributed by atoms with Crippen LogP contribution < -0.4 is 4.72 Å². The first kappa shape index (κ1) is 18.1. The van der Waals surface area contributed by atoms with Gasteiger partial charge in [-0.3, -0.25) is 9.52 Å². The molecule has 2 aromatic carbocycles. The standard InChI is InChI=1S/C19H21N3O3S/c1-13-6-4-5-7-17(13)19-12-18(20-22(19)14(2)23)15-8-10-16(11-9-15)21-26(3,24)25/h4-11,19,21H,12H2,1-3H3/t19-/m0/s1. The van der Waals surface area contributed by atoms with Crippen molar-refractivity contribution in [1.29, 1.82) is 0 Å². The summed E-state index contributed by atoms with van der Waals surface area (Å²) >= 11 is 0. The maximum atomic E-state index is 12.1. The van der Waals surface area contributed by atoms with Crippen molar-refractivity contribution >= 4 is 27.3 Å². The minimum Gasteiger partial charge on any atom is -0.284 e. The van der Waals surface area contributed by atoms with Crippen LogP contribution in [0.25, 0.3) is 0 Å². The first-order valence-corrected chi connectivity index (χ1v) is 10.1. The zero-order valence-electron chi connectivity index (χ0n) is 14.9. The Labute approximate surface area is 153 Å². The molecule has 1 N–H and O–H groups in total. The first-order chi connectivity index (χ1) is 12.2. The second-order valence-electron chi connectivity index (χ2n) is 6.44. The van der Waals surface area contributed by atoms with Gasteiger partial charge in [0.15, 0.2) is 0 Å². The number of nitrogens with zero attached hydrogens (tertiary/aromatic N) is 2. The lowest BCUT2D eigenvalue weighted by atomic mass is 9.95. The maximum absolute atomic E-state index is 12.1. The van der Waals surface area contributed by atoms with Crippen molar-refractivity contribution in [2.45, 2.75) is 26.3 Å². The molecular weight excluding hydrogens is 350 g/mol. The van der Waals surface area contributed by atoms with Crippen LogP contribution in [0.1, 0.15) is 36.1 Å². The fourth-order valence-corrected chi connectivity index (χ4v) is 3.69. The molecule has 0 aromatic heterocycles. The van der Waals surface area contributed by atoms with Crippen molar-refractivity contribution < 1.29 is 13.2 Å². The van der Waals surface area contributed by atoms with Crippen LogP contribution in [-0.2, 0) is 14.8 Å². The van der Waals surface area contributed by atoms with E-state index >= 15 is 0 Å². The number of aryl methyl sites for hydroxylation is 1. The SMILES string of the molecule is CC(=O)N1N=C(c2ccc(NS(C)(=O)=O)cc2)C[C@H]1c1ccccc1C. The van der Waals surface area contributed by atoms with Gasteiger partial charge in [0.2, 0.25) is 15.9 Å². The molecule has 0 fully saturated rings. The van der Waals surface area contributed by atoms with Crippen molar-refractivity contribution in [1.82, 2.24) is 5.01 Å². The van der Waals surface area contributed by atoms with E-state index in [1.165, 1.54) is 11.9 Å². The summed E-state index contributed by atoms with van der Waals surface area (Å²) in [6.07, 6.45) is 1.72. The summed E-state index contributed by atoms with van der Waals surface area (Å²) < 4.78 is 25.1. The number of nitrogens with one attached hydrogen (secondary N) is 1. The van der Waals surface area contributed by atoms with Crippen LogP contribution in [0.15, 0.2) is 53.6 Å². The number of hydrogen-bond acceptors (Lipinski definition) is 4. The van der Waals surface area contributed by atoms with E-state index < -0.39 is 10.0 Å². The Hall–Kier alpha value is -2.67. The van der Waals surface area contributed by atoms with E-state index in [4.69, 9.17) is 0 Å². The topological polar surface area (TPSA) is 78.8 Å². The molecule has 2 aromatic rings. The molecule has 7 heteroatoms. The number of hydrogen-bond donors (Lipinski definition) is 1. The second-order valence-corrected chi connectivity index (χ2v) is 8.19.